The molecule has 0 aliphatic heterocycles. The number of rotatable bonds is 62. The van der Waals surface area contributed by atoms with Gasteiger partial charge in [0.2, 0.25) is 5.91 Å². The van der Waals surface area contributed by atoms with Crippen molar-refractivity contribution >= 4 is 5.91 Å². The normalized spacial score (nSPS) is 13.8. The van der Waals surface area contributed by atoms with E-state index in [1.165, 1.54) is 289 Å². The summed E-state index contributed by atoms with van der Waals surface area (Å²) in [7, 11) is 0. The zero-order valence-corrected chi connectivity index (χ0v) is 49.9. The molecule has 0 saturated carbocycles. The Kier molecular flexibility index (Phi) is 61.1. The number of aliphatic hydroxyl groups is 4. The molecule has 0 spiro atoms. The number of hydrogen-bond acceptors (Lipinski definition) is 5. The molecule has 6 nitrogen and oxygen atoms in total. The van der Waals surface area contributed by atoms with Crippen LogP contribution in [0.1, 0.15) is 361 Å². The van der Waals surface area contributed by atoms with Crippen molar-refractivity contribution in [3.05, 3.63) is 36.5 Å². The zero-order chi connectivity index (χ0) is 53.7. The van der Waals surface area contributed by atoms with E-state index in [4.69, 9.17) is 0 Å². The van der Waals surface area contributed by atoms with Crippen LogP contribution in [0.4, 0.5) is 0 Å². The summed E-state index contributed by atoms with van der Waals surface area (Å²) >= 11 is 0. The van der Waals surface area contributed by atoms with Gasteiger partial charge in [-0.25, -0.2) is 0 Å². The van der Waals surface area contributed by atoms with E-state index in [9.17, 15) is 25.2 Å². The largest absolute Gasteiger partial charge is 0.394 e. The maximum atomic E-state index is 12.6. The topological polar surface area (TPSA) is 110 Å². The van der Waals surface area contributed by atoms with E-state index in [0.29, 0.717) is 12.8 Å². The van der Waals surface area contributed by atoms with Crippen molar-refractivity contribution in [3.63, 3.8) is 0 Å². The summed E-state index contributed by atoms with van der Waals surface area (Å²) in [4.78, 5) is 12.6. The number of amides is 1. The Morgan fingerprint density at radius 1 is 0.338 bits per heavy atom. The number of aliphatic hydroxyl groups excluding tert-OH is 4. The van der Waals surface area contributed by atoms with Gasteiger partial charge in [0.15, 0.2) is 0 Å². The van der Waals surface area contributed by atoms with Crippen molar-refractivity contribution in [2.75, 3.05) is 6.61 Å². The van der Waals surface area contributed by atoms with Crippen LogP contribution in [0.15, 0.2) is 36.5 Å². The summed E-state index contributed by atoms with van der Waals surface area (Å²) in [5.74, 6) is -0.588. The highest BCUT2D eigenvalue weighted by atomic mass is 16.3. The molecule has 0 aliphatic carbocycles. The van der Waals surface area contributed by atoms with Gasteiger partial charge in [0.25, 0.3) is 0 Å². The second-order valence-corrected chi connectivity index (χ2v) is 23.2. The summed E-state index contributed by atoms with van der Waals surface area (Å²) in [6.07, 6.45) is 79.7. The Morgan fingerprint density at radius 2 is 0.595 bits per heavy atom. The molecule has 0 aromatic rings. The molecular weight excluding hydrogens is 911 g/mol. The van der Waals surface area contributed by atoms with Crippen molar-refractivity contribution in [1.82, 2.24) is 5.32 Å². The Bertz CT molecular complexity index is 1170. The molecule has 0 rings (SSSR count). The van der Waals surface area contributed by atoms with Crippen LogP contribution in [0, 0.1) is 0 Å². The molecule has 6 heteroatoms. The first kappa shape index (κ1) is 72.5. The molecule has 4 unspecified atom stereocenters. The van der Waals surface area contributed by atoms with Gasteiger partial charge in [0.1, 0.15) is 12.2 Å². The lowest BCUT2D eigenvalue weighted by Gasteiger charge is -2.27. The standard InChI is InChI=1S/C68H131NO5/c1-3-5-7-9-11-13-15-17-19-21-23-25-27-29-31-32-33-34-35-36-38-40-42-44-46-48-50-52-54-56-58-60-62-66(72)68(74)69-64(63-70)67(73)65(71)61-59-57-55-53-51-49-47-45-43-41-39-37-30-28-26-24-22-20-18-16-14-12-10-8-6-4-2/h23,25,29,31,53,55,64-67,70-73H,3-22,24,26-28,30,32-52,54,56-63H2,1-2H3,(H,69,74)/b25-23-,31-29-,55-53+. The van der Waals surface area contributed by atoms with Crippen molar-refractivity contribution in [2.45, 2.75) is 385 Å². The molecular formula is C68H131NO5. The van der Waals surface area contributed by atoms with E-state index >= 15 is 0 Å². The molecule has 0 radical (unpaired) electrons. The minimum absolute atomic E-state index is 0.365. The van der Waals surface area contributed by atoms with Crippen LogP contribution in [0.25, 0.3) is 0 Å². The Labute approximate surface area is 462 Å². The van der Waals surface area contributed by atoms with E-state index in [1.807, 2.05) is 0 Å². The van der Waals surface area contributed by atoms with Crippen LogP contribution in [0.5, 0.6) is 0 Å². The minimum Gasteiger partial charge on any atom is -0.394 e. The number of allylic oxidation sites excluding steroid dienone is 6. The molecule has 5 N–H and O–H groups in total. The van der Waals surface area contributed by atoms with Crippen molar-refractivity contribution < 1.29 is 25.2 Å². The van der Waals surface area contributed by atoms with Crippen molar-refractivity contribution in [1.29, 1.82) is 0 Å². The Hall–Kier alpha value is -1.47. The number of unbranched alkanes of at least 4 members (excludes halogenated alkanes) is 47. The van der Waals surface area contributed by atoms with Gasteiger partial charge in [0.05, 0.1) is 18.8 Å². The van der Waals surface area contributed by atoms with Gasteiger partial charge in [-0.3, -0.25) is 4.79 Å². The molecule has 0 aromatic heterocycles. The predicted molar refractivity (Wildman–Crippen MR) is 325 cm³/mol. The van der Waals surface area contributed by atoms with E-state index in [2.05, 4.69) is 55.6 Å². The lowest BCUT2D eigenvalue weighted by atomic mass is 10.00. The lowest BCUT2D eigenvalue weighted by molar-refractivity contribution is -0.132. The zero-order valence-electron chi connectivity index (χ0n) is 49.9. The molecule has 0 saturated heterocycles. The first-order chi connectivity index (χ1) is 36.5. The average molecular weight is 1040 g/mol. The molecule has 1 amide bonds. The van der Waals surface area contributed by atoms with Crippen LogP contribution in [0.3, 0.4) is 0 Å². The Morgan fingerprint density at radius 3 is 0.892 bits per heavy atom. The van der Waals surface area contributed by atoms with Gasteiger partial charge in [-0.15, -0.1) is 0 Å². The monoisotopic (exact) mass is 1040 g/mol. The van der Waals surface area contributed by atoms with Gasteiger partial charge in [-0.05, 0) is 70.6 Å². The smallest absolute Gasteiger partial charge is 0.249 e. The highest BCUT2D eigenvalue weighted by Crippen LogP contribution is 2.19. The van der Waals surface area contributed by atoms with Crippen molar-refractivity contribution in [3.8, 4) is 0 Å². The van der Waals surface area contributed by atoms with E-state index in [-0.39, 0.29) is 0 Å². The van der Waals surface area contributed by atoms with E-state index in [0.717, 1.165) is 44.9 Å². The molecule has 0 heterocycles. The molecule has 4 atom stereocenters. The highest BCUT2D eigenvalue weighted by molar-refractivity contribution is 5.80. The molecule has 74 heavy (non-hydrogen) atoms. The SMILES string of the molecule is CCCCCCCCCCC/C=C\C/C=C\CCCCCCCCCCCCCCCCCCC(O)C(=O)NC(CO)C(O)C(O)CCC/C=C/CCCCCCCCCCCCCCCCCCCCCCC. The summed E-state index contributed by atoms with van der Waals surface area (Å²) in [6, 6.07) is -1.00. The second kappa shape index (κ2) is 62.4. The minimum atomic E-state index is -1.28. The van der Waals surface area contributed by atoms with Crippen LogP contribution < -0.4 is 5.32 Å². The number of carbonyl (C=O) groups excluding carboxylic acids is 1. The maximum Gasteiger partial charge on any atom is 0.249 e. The summed E-state index contributed by atoms with van der Waals surface area (Å²) in [6.45, 7) is 4.09. The summed E-state index contributed by atoms with van der Waals surface area (Å²) < 4.78 is 0. The maximum absolute atomic E-state index is 12.6. The first-order valence-electron chi connectivity index (χ1n) is 33.4. The fourth-order valence-electron chi connectivity index (χ4n) is 10.6. The van der Waals surface area contributed by atoms with Gasteiger partial charge < -0.3 is 25.7 Å². The first-order valence-corrected chi connectivity index (χ1v) is 33.4. The summed E-state index contributed by atoms with van der Waals surface area (Å²) in [5, 5.41) is 44.2. The van der Waals surface area contributed by atoms with Crippen LogP contribution in [-0.2, 0) is 4.79 Å². The lowest BCUT2D eigenvalue weighted by Crippen LogP contribution is -2.53. The highest BCUT2D eigenvalue weighted by Gasteiger charge is 2.28. The molecule has 0 bridgehead atoms. The fraction of sp³-hybridized carbons (Fsp3) is 0.897. The second-order valence-electron chi connectivity index (χ2n) is 23.2. The van der Waals surface area contributed by atoms with Crippen molar-refractivity contribution in [2.24, 2.45) is 0 Å². The molecule has 0 aromatic carbocycles. The van der Waals surface area contributed by atoms with E-state index < -0.39 is 36.9 Å². The van der Waals surface area contributed by atoms with Gasteiger partial charge in [-0.1, -0.05) is 326 Å². The van der Waals surface area contributed by atoms with Crippen LogP contribution >= 0.6 is 0 Å². The van der Waals surface area contributed by atoms with Gasteiger partial charge >= 0.3 is 0 Å². The van der Waals surface area contributed by atoms with Crippen LogP contribution in [-0.4, -0.2) is 57.3 Å². The quantitative estimate of drug-likeness (QED) is 0.0308. The third kappa shape index (κ3) is 55.3. The van der Waals surface area contributed by atoms with Gasteiger partial charge in [-0.2, -0.15) is 0 Å². The van der Waals surface area contributed by atoms with E-state index in [1.54, 1.807) is 0 Å². The third-order valence-corrected chi connectivity index (χ3v) is 15.8. The fourth-order valence-corrected chi connectivity index (χ4v) is 10.6. The van der Waals surface area contributed by atoms with Crippen LogP contribution in [0.2, 0.25) is 0 Å². The average Bonchev–Trinajstić information content (AvgIpc) is 3.41. The number of nitrogens with one attached hydrogen (secondary N) is 1. The molecule has 0 aliphatic rings. The summed E-state index contributed by atoms with van der Waals surface area (Å²) in [5.41, 5.74) is 0. The number of carbonyl (C=O) groups is 1. The third-order valence-electron chi connectivity index (χ3n) is 15.8. The molecule has 0 fully saturated rings. The number of hydrogen-bond donors (Lipinski definition) is 5. The predicted octanol–water partition coefficient (Wildman–Crippen LogP) is 20.3. The van der Waals surface area contributed by atoms with Gasteiger partial charge in [0, 0.05) is 0 Å². The Balaban J connectivity index is 3.59. The molecule has 438 valence electrons.